The van der Waals surface area contributed by atoms with E-state index in [1.54, 1.807) is 18.6 Å². The zero-order valence-corrected chi connectivity index (χ0v) is 20.3. The van der Waals surface area contributed by atoms with Gasteiger partial charge in [-0.2, -0.15) is 0 Å². The van der Waals surface area contributed by atoms with Crippen molar-refractivity contribution in [3.8, 4) is 39.9 Å². The summed E-state index contributed by atoms with van der Waals surface area (Å²) in [6.07, 6.45) is 6.76. The monoisotopic (exact) mass is 497 g/mol. The fourth-order valence-corrected chi connectivity index (χ4v) is 4.79. The van der Waals surface area contributed by atoms with Gasteiger partial charge in [-0.1, -0.05) is 29.4 Å². The van der Waals surface area contributed by atoms with Gasteiger partial charge in [-0.05, 0) is 42.2 Å². The van der Waals surface area contributed by atoms with Crippen LogP contribution in [0.2, 0.25) is 0 Å². The summed E-state index contributed by atoms with van der Waals surface area (Å²) < 4.78 is 17.5. The molecule has 0 atom stereocenters. The number of rotatable bonds is 7. The van der Waals surface area contributed by atoms with Gasteiger partial charge in [-0.15, -0.1) is 0 Å². The Morgan fingerprint density at radius 2 is 1.81 bits per heavy atom. The molecule has 2 aliphatic rings. The number of pyridine rings is 1. The van der Waals surface area contributed by atoms with Crippen LogP contribution in [-0.4, -0.2) is 70.2 Å². The van der Waals surface area contributed by atoms with E-state index >= 15 is 0 Å². The minimum atomic E-state index is 0.341. The van der Waals surface area contributed by atoms with Crippen LogP contribution < -0.4 is 4.74 Å². The number of morpholine rings is 1. The molecular formula is C28H27N5O4. The topological polar surface area (TPSA) is 106 Å². The molecule has 0 radical (unpaired) electrons. The Bertz CT molecular complexity index is 1400. The average Bonchev–Trinajstić information content (AvgIpc) is 3.59. The Kier molecular flexibility index (Phi) is 6.62. The van der Waals surface area contributed by atoms with E-state index in [1.165, 1.54) is 0 Å². The lowest BCUT2D eigenvalue weighted by Gasteiger charge is -2.26. The van der Waals surface area contributed by atoms with Crippen molar-refractivity contribution in [2.45, 2.75) is 12.8 Å². The van der Waals surface area contributed by atoms with E-state index in [-0.39, 0.29) is 0 Å². The molecule has 0 spiro atoms. The fraction of sp³-hybridized carbons (Fsp3) is 0.286. The highest BCUT2D eigenvalue weighted by atomic mass is 16.5. The highest BCUT2D eigenvalue weighted by Crippen LogP contribution is 2.39. The number of nitrogens with zero attached hydrogens (tertiary/aromatic N) is 5. The maximum Gasteiger partial charge on any atom is 0.316 e. The van der Waals surface area contributed by atoms with Crippen molar-refractivity contribution >= 4 is 5.71 Å². The first-order chi connectivity index (χ1) is 18.3. The van der Waals surface area contributed by atoms with Crippen molar-refractivity contribution in [2.75, 3.05) is 39.5 Å². The maximum atomic E-state index is 9.29. The highest BCUT2D eigenvalue weighted by molar-refractivity contribution is 6.04. The summed E-state index contributed by atoms with van der Waals surface area (Å²) in [6.45, 7) is 4.71. The third-order valence-electron chi connectivity index (χ3n) is 6.76. The lowest BCUT2D eigenvalue weighted by atomic mass is 9.99. The number of hydrogen-bond acceptors (Lipinski definition) is 9. The predicted molar refractivity (Wildman–Crippen MR) is 138 cm³/mol. The van der Waals surface area contributed by atoms with Gasteiger partial charge in [0.15, 0.2) is 5.76 Å². The molecule has 1 aliphatic heterocycles. The molecule has 37 heavy (non-hydrogen) atoms. The second-order valence-electron chi connectivity index (χ2n) is 9.04. The van der Waals surface area contributed by atoms with E-state index in [4.69, 9.17) is 13.9 Å². The highest BCUT2D eigenvalue weighted by Gasteiger charge is 2.22. The molecule has 4 aromatic rings. The quantitative estimate of drug-likeness (QED) is 0.298. The molecule has 0 amide bonds. The van der Waals surface area contributed by atoms with Gasteiger partial charge in [0.25, 0.3) is 0 Å². The Morgan fingerprint density at radius 3 is 2.59 bits per heavy atom. The van der Waals surface area contributed by atoms with Gasteiger partial charge >= 0.3 is 6.01 Å². The maximum absolute atomic E-state index is 9.29. The van der Waals surface area contributed by atoms with Crippen LogP contribution >= 0.6 is 0 Å². The van der Waals surface area contributed by atoms with Gasteiger partial charge in [0, 0.05) is 49.4 Å². The standard InChI is InChI=1S/C28H27N5O4/c34-32-24-7-5-19-15-20(4-6-22(19)24)23-16-26(37-27(23)25-3-1-2-8-29-25)21-17-30-28(31-18-21)36-14-11-33-9-12-35-13-10-33/h1-4,6,8,15-18,34H,5,7,9-14H2. The van der Waals surface area contributed by atoms with E-state index in [2.05, 4.69) is 31.1 Å². The number of ether oxygens (including phenoxy) is 2. The molecule has 9 nitrogen and oxygen atoms in total. The van der Waals surface area contributed by atoms with E-state index in [1.807, 2.05) is 36.4 Å². The molecule has 4 heterocycles. The van der Waals surface area contributed by atoms with E-state index in [9.17, 15) is 5.21 Å². The Labute approximate surface area is 214 Å². The number of aryl methyl sites for hydroxylation is 1. The van der Waals surface area contributed by atoms with Crippen LogP contribution in [0.25, 0.3) is 33.9 Å². The third-order valence-corrected chi connectivity index (χ3v) is 6.76. The molecule has 0 bridgehead atoms. The molecule has 1 saturated heterocycles. The van der Waals surface area contributed by atoms with Crippen LogP contribution in [0, 0.1) is 0 Å². The summed E-state index contributed by atoms with van der Waals surface area (Å²) in [6, 6.07) is 14.3. The molecular weight excluding hydrogens is 470 g/mol. The molecule has 1 fully saturated rings. The number of aromatic nitrogens is 3. The summed E-state index contributed by atoms with van der Waals surface area (Å²) in [5.41, 5.74) is 6.30. The normalized spacial score (nSPS) is 16.7. The SMILES string of the molecule is ON=C1CCc2cc(-c3cc(-c4cnc(OCCN5CCOCC5)nc4)oc3-c3ccccn3)ccc21. The van der Waals surface area contributed by atoms with Crippen LogP contribution in [0.4, 0.5) is 0 Å². The van der Waals surface area contributed by atoms with Crippen molar-refractivity contribution < 1.29 is 19.1 Å². The molecule has 9 heteroatoms. The Balaban J connectivity index is 1.26. The van der Waals surface area contributed by atoms with E-state index in [0.717, 1.165) is 84.9 Å². The minimum absolute atomic E-state index is 0.341. The van der Waals surface area contributed by atoms with Crippen molar-refractivity contribution in [1.29, 1.82) is 0 Å². The minimum Gasteiger partial charge on any atom is -0.462 e. The molecule has 3 aromatic heterocycles. The number of furan rings is 1. The molecule has 1 N–H and O–H groups in total. The molecule has 6 rings (SSSR count). The van der Waals surface area contributed by atoms with Gasteiger partial charge in [0.05, 0.1) is 24.5 Å². The van der Waals surface area contributed by atoms with Crippen molar-refractivity contribution in [1.82, 2.24) is 19.9 Å². The average molecular weight is 498 g/mol. The van der Waals surface area contributed by atoms with Crippen LogP contribution in [0.5, 0.6) is 6.01 Å². The number of fused-ring (bicyclic) bond motifs is 1. The summed E-state index contributed by atoms with van der Waals surface area (Å²) in [7, 11) is 0. The smallest absolute Gasteiger partial charge is 0.316 e. The van der Waals surface area contributed by atoms with Gasteiger partial charge in [-0.3, -0.25) is 9.88 Å². The first-order valence-electron chi connectivity index (χ1n) is 12.4. The van der Waals surface area contributed by atoms with Crippen LogP contribution in [0.1, 0.15) is 17.5 Å². The molecule has 1 aliphatic carbocycles. The van der Waals surface area contributed by atoms with Crippen LogP contribution in [0.3, 0.4) is 0 Å². The van der Waals surface area contributed by atoms with Gasteiger partial charge in [0.2, 0.25) is 0 Å². The fourth-order valence-electron chi connectivity index (χ4n) is 4.79. The molecule has 0 unspecified atom stereocenters. The Hall–Kier alpha value is -4.08. The van der Waals surface area contributed by atoms with Crippen LogP contribution in [-0.2, 0) is 11.2 Å². The van der Waals surface area contributed by atoms with E-state index in [0.29, 0.717) is 24.1 Å². The number of benzene rings is 1. The number of oxime groups is 1. The summed E-state index contributed by atoms with van der Waals surface area (Å²) in [5, 5.41) is 12.7. The first-order valence-corrected chi connectivity index (χ1v) is 12.4. The molecule has 188 valence electrons. The second-order valence-corrected chi connectivity index (χ2v) is 9.04. The summed E-state index contributed by atoms with van der Waals surface area (Å²) in [4.78, 5) is 15.6. The van der Waals surface area contributed by atoms with Gasteiger partial charge in [-0.25, -0.2) is 9.97 Å². The third kappa shape index (κ3) is 4.96. The number of hydrogen-bond donors (Lipinski definition) is 1. The summed E-state index contributed by atoms with van der Waals surface area (Å²) >= 11 is 0. The lowest BCUT2D eigenvalue weighted by molar-refractivity contribution is 0.0317. The van der Waals surface area contributed by atoms with Crippen molar-refractivity contribution in [3.05, 3.63) is 72.2 Å². The van der Waals surface area contributed by atoms with Crippen molar-refractivity contribution in [3.63, 3.8) is 0 Å². The lowest BCUT2D eigenvalue weighted by Crippen LogP contribution is -2.38. The zero-order chi connectivity index (χ0) is 25.0. The van der Waals surface area contributed by atoms with Crippen molar-refractivity contribution in [2.24, 2.45) is 5.16 Å². The Morgan fingerprint density at radius 1 is 0.946 bits per heavy atom. The first kappa shape index (κ1) is 23.3. The van der Waals surface area contributed by atoms with Gasteiger partial charge < -0.3 is 19.1 Å². The molecule has 1 aromatic carbocycles. The molecule has 0 saturated carbocycles. The zero-order valence-electron chi connectivity index (χ0n) is 20.3. The predicted octanol–water partition coefficient (Wildman–Crippen LogP) is 4.30. The summed E-state index contributed by atoms with van der Waals surface area (Å²) in [5.74, 6) is 1.32. The van der Waals surface area contributed by atoms with Crippen LogP contribution in [0.15, 0.2) is 70.6 Å². The van der Waals surface area contributed by atoms with Gasteiger partial charge in [0.1, 0.15) is 18.1 Å². The van der Waals surface area contributed by atoms with E-state index < -0.39 is 0 Å². The largest absolute Gasteiger partial charge is 0.462 e. The second kappa shape index (κ2) is 10.5.